The molecule has 10 heteroatoms. The molecule has 0 radical (unpaired) electrons. The molecule has 0 N–H and O–H groups in total. The standard InChI is InChI=1S/C21H25N5O3S2/c1-6-29-19(27)15(4)31-21-25-24-18(12-30-20-22-13(2)11-14(3)23-20)26(21)16-7-9-17(28-5)10-8-16/h7-11,15H,6,12H2,1-5H3. The zero-order valence-corrected chi connectivity index (χ0v) is 19.8. The van der Waals surface area contributed by atoms with Crippen LogP contribution < -0.4 is 4.74 Å². The third kappa shape index (κ3) is 5.98. The van der Waals surface area contributed by atoms with Gasteiger partial charge in [0, 0.05) is 17.1 Å². The minimum Gasteiger partial charge on any atom is -0.497 e. The van der Waals surface area contributed by atoms with Gasteiger partial charge in [-0.05, 0) is 58.0 Å². The van der Waals surface area contributed by atoms with Crippen LogP contribution in [-0.2, 0) is 15.3 Å². The fraction of sp³-hybridized carbons (Fsp3) is 0.381. The summed E-state index contributed by atoms with van der Waals surface area (Å²) >= 11 is 2.81. The van der Waals surface area contributed by atoms with Crippen molar-refractivity contribution < 1.29 is 14.3 Å². The third-order valence-electron chi connectivity index (χ3n) is 4.22. The minimum absolute atomic E-state index is 0.281. The lowest BCUT2D eigenvalue weighted by atomic mass is 10.3. The first-order chi connectivity index (χ1) is 14.9. The van der Waals surface area contributed by atoms with Gasteiger partial charge in [0.05, 0.1) is 19.5 Å². The predicted octanol–water partition coefficient (Wildman–Crippen LogP) is 4.02. The normalized spacial score (nSPS) is 11.9. The number of aryl methyl sites for hydroxylation is 2. The molecule has 3 aromatic rings. The molecule has 1 atom stereocenters. The molecule has 0 saturated heterocycles. The Labute approximate surface area is 190 Å². The molecule has 0 saturated carbocycles. The summed E-state index contributed by atoms with van der Waals surface area (Å²) < 4.78 is 12.3. The first kappa shape index (κ1) is 23.1. The zero-order valence-electron chi connectivity index (χ0n) is 18.2. The molecule has 0 bridgehead atoms. The van der Waals surface area contributed by atoms with Crippen LogP contribution in [0, 0.1) is 13.8 Å². The highest BCUT2D eigenvalue weighted by atomic mass is 32.2. The second-order valence-corrected chi connectivity index (χ2v) is 8.92. The lowest BCUT2D eigenvalue weighted by Gasteiger charge is -2.13. The molecule has 0 spiro atoms. The second-order valence-electron chi connectivity index (χ2n) is 6.67. The molecule has 8 nitrogen and oxygen atoms in total. The fourth-order valence-corrected chi connectivity index (χ4v) is 4.56. The number of hydrogen-bond donors (Lipinski definition) is 0. The molecular weight excluding hydrogens is 434 g/mol. The van der Waals surface area contributed by atoms with E-state index in [1.165, 1.54) is 23.5 Å². The van der Waals surface area contributed by atoms with E-state index in [1.54, 1.807) is 21.0 Å². The SMILES string of the molecule is CCOC(=O)C(C)Sc1nnc(CSc2nc(C)cc(C)n2)n1-c1ccc(OC)cc1. The third-order valence-corrected chi connectivity index (χ3v) is 6.09. The number of hydrogen-bond acceptors (Lipinski definition) is 9. The highest BCUT2D eigenvalue weighted by Gasteiger charge is 2.22. The van der Waals surface area contributed by atoms with Crippen molar-refractivity contribution in [2.45, 2.75) is 49.0 Å². The Morgan fingerprint density at radius 3 is 2.42 bits per heavy atom. The van der Waals surface area contributed by atoms with Crippen molar-refractivity contribution in [3.63, 3.8) is 0 Å². The molecule has 2 aromatic heterocycles. The average Bonchev–Trinajstić information content (AvgIpc) is 3.14. The molecule has 1 unspecified atom stereocenters. The van der Waals surface area contributed by atoms with Gasteiger partial charge in [-0.2, -0.15) is 0 Å². The number of benzene rings is 1. The summed E-state index contributed by atoms with van der Waals surface area (Å²) in [5.41, 5.74) is 2.72. The van der Waals surface area contributed by atoms with Crippen LogP contribution in [0.5, 0.6) is 5.75 Å². The maximum absolute atomic E-state index is 12.1. The van der Waals surface area contributed by atoms with E-state index in [0.717, 1.165) is 28.6 Å². The maximum Gasteiger partial charge on any atom is 0.319 e. The van der Waals surface area contributed by atoms with E-state index < -0.39 is 5.25 Å². The number of carbonyl (C=O) groups excluding carboxylic acids is 1. The number of rotatable bonds is 9. The average molecular weight is 460 g/mol. The smallest absolute Gasteiger partial charge is 0.319 e. The number of ether oxygens (including phenoxy) is 2. The van der Waals surface area contributed by atoms with Crippen LogP contribution in [0.3, 0.4) is 0 Å². The van der Waals surface area contributed by atoms with Gasteiger partial charge in [0.1, 0.15) is 16.8 Å². The predicted molar refractivity (Wildman–Crippen MR) is 121 cm³/mol. The van der Waals surface area contributed by atoms with Gasteiger partial charge < -0.3 is 9.47 Å². The summed E-state index contributed by atoms with van der Waals surface area (Å²) in [5.74, 6) is 1.73. The van der Waals surface area contributed by atoms with Crippen molar-refractivity contribution in [1.82, 2.24) is 24.7 Å². The van der Waals surface area contributed by atoms with Gasteiger partial charge in [0.25, 0.3) is 0 Å². The number of aromatic nitrogens is 5. The molecular formula is C21H25N5O3S2. The minimum atomic E-state index is -0.413. The first-order valence-corrected chi connectivity index (χ1v) is 11.6. The van der Waals surface area contributed by atoms with Crippen molar-refractivity contribution in [2.24, 2.45) is 0 Å². The van der Waals surface area contributed by atoms with Gasteiger partial charge >= 0.3 is 5.97 Å². The Balaban J connectivity index is 1.90. The van der Waals surface area contributed by atoms with Crippen molar-refractivity contribution in [3.8, 4) is 11.4 Å². The summed E-state index contributed by atoms with van der Waals surface area (Å²) in [7, 11) is 1.63. The Hall–Kier alpha value is -2.59. The van der Waals surface area contributed by atoms with Crippen LogP contribution in [-0.4, -0.2) is 49.7 Å². The number of nitrogens with zero attached hydrogens (tertiary/aromatic N) is 5. The van der Waals surface area contributed by atoms with E-state index in [4.69, 9.17) is 9.47 Å². The summed E-state index contributed by atoms with van der Waals surface area (Å²) in [5, 5.41) is 9.63. The maximum atomic E-state index is 12.1. The molecule has 0 amide bonds. The Bertz CT molecular complexity index is 1020. The van der Waals surface area contributed by atoms with Gasteiger partial charge in [-0.1, -0.05) is 23.5 Å². The lowest BCUT2D eigenvalue weighted by Crippen LogP contribution is -2.17. The van der Waals surface area contributed by atoms with Crippen molar-refractivity contribution in [3.05, 3.63) is 47.5 Å². The number of esters is 1. The molecule has 0 aliphatic rings. The van der Waals surface area contributed by atoms with Crippen LogP contribution in [0.4, 0.5) is 0 Å². The fourth-order valence-electron chi connectivity index (χ4n) is 2.81. The summed E-state index contributed by atoms with van der Waals surface area (Å²) in [6, 6.07) is 9.56. The highest BCUT2D eigenvalue weighted by Crippen LogP contribution is 2.29. The van der Waals surface area contributed by atoms with Crippen LogP contribution in [0.25, 0.3) is 5.69 Å². The summed E-state index contributed by atoms with van der Waals surface area (Å²) in [4.78, 5) is 21.1. The van der Waals surface area contributed by atoms with Gasteiger partial charge in [-0.3, -0.25) is 9.36 Å². The highest BCUT2D eigenvalue weighted by molar-refractivity contribution is 8.00. The molecule has 31 heavy (non-hydrogen) atoms. The van der Waals surface area contributed by atoms with Crippen molar-refractivity contribution in [1.29, 1.82) is 0 Å². The van der Waals surface area contributed by atoms with Crippen LogP contribution in [0.15, 0.2) is 40.6 Å². The van der Waals surface area contributed by atoms with E-state index in [9.17, 15) is 4.79 Å². The van der Waals surface area contributed by atoms with E-state index in [2.05, 4.69) is 20.2 Å². The van der Waals surface area contributed by atoms with E-state index in [1.807, 2.05) is 48.7 Å². The Morgan fingerprint density at radius 2 is 1.81 bits per heavy atom. The van der Waals surface area contributed by atoms with Gasteiger partial charge in [0.2, 0.25) is 0 Å². The molecule has 164 valence electrons. The van der Waals surface area contributed by atoms with Crippen LogP contribution in [0.1, 0.15) is 31.1 Å². The zero-order chi connectivity index (χ0) is 22.4. The quantitative estimate of drug-likeness (QED) is 0.267. The molecule has 0 aliphatic carbocycles. The second kappa shape index (κ2) is 10.6. The first-order valence-electron chi connectivity index (χ1n) is 9.78. The van der Waals surface area contributed by atoms with E-state index >= 15 is 0 Å². The van der Waals surface area contributed by atoms with Crippen molar-refractivity contribution >= 4 is 29.5 Å². The molecule has 0 aliphatic heterocycles. The number of methoxy groups -OCH3 is 1. The molecule has 3 rings (SSSR count). The van der Waals surface area contributed by atoms with E-state index in [0.29, 0.717) is 22.7 Å². The van der Waals surface area contributed by atoms with Crippen molar-refractivity contribution in [2.75, 3.05) is 13.7 Å². The molecule has 0 fully saturated rings. The number of thioether (sulfide) groups is 2. The summed E-state index contributed by atoms with van der Waals surface area (Å²) in [6.07, 6.45) is 0. The van der Waals surface area contributed by atoms with Gasteiger partial charge in [-0.15, -0.1) is 10.2 Å². The van der Waals surface area contributed by atoms with Gasteiger partial charge in [-0.25, -0.2) is 9.97 Å². The number of carbonyl (C=O) groups is 1. The topological polar surface area (TPSA) is 92.0 Å². The lowest BCUT2D eigenvalue weighted by molar-refractivity contribution is -0.142. The monoisotopic (exact) mass is 459 g/mol. The molecule has 1 aromatic carbocycles. The van der Waals surface area contributed by atoms with E-state index in [-0.39, 0.29) is 5.97 Å². The van der Waals surface area contributed by atoms with Crippen LogP contribution in [0.2, 0.25) is 0 Å². The Kier molecular flexibility index (Phi) is 7.91. The van der Waals surface area contributed by atoms with Crippen LogP contribution >= 0.6 is 23.5 Å². The largest absolute Gasteiger partial charge is 0.497 e. The Morgan fingerprint density at radius 1 is 1.13 bits per heavy atom. The molecule has 2 heterocycles. The summed E-state index contributed by atoms with van der Waals surface area (Å²) in [6.45, 7) is 7.83. The van der Waals surface area contributed by atoms with Gasteiger partial charge in [0.15, 0.2) is 10.3 Å².